The van der Waals surface area contributed by atoms with Crippen LogP contribution in [-0.4, -0.2) is 23.9 Å². The molecule has 2 atom stereocenters. The van der Waals surface area contributed by atoms with E-state index in [1.807, 2.05) is 31.2 Å². The summed E-state index contributed by atoms with van der Waals surface area (Å²) in [6.45, 7) is 2.65. The van der Waals surface area contributed by atoms with E-state index in [9.17, 15) is 4.79 Å². The minimum atomic E-state index is -0.0762. The van der Waals surface area contributed by atoms with Crippen LogP contribution >= 0.6 is 15.9 Å². The van der Waals surface area contributed by atoms with E-state index in [0.717, 1.165) is 29.5 Å². The fourth-order valence-corrected chi connectivity index (χ4v) is 2.88. The Hall–Kier alpha value is -1.03. The summed E-state index contributed by atoms with van der Waals surface area (Å²) in [4.78, 5) is 12.3. The highest BCUT2D eigenvalue weighted by molar-refractivity contribution is 9.09. The number of nitrogens with one attached hydrogen (secondary N) is 1. The molecule has 98 valence electrons. The molecule has 1 aromatic rings. The second kappa shape index (κ2) is 6.23. The van der Waals surface area contributed by atoms with Gasteiger partial charge in [-0.3, -0.25) is 4.79 Å². The summed E-state index contributed by atoms with van der Waals surface area (Å²) >= 11 is 3.39. The van der Waals surface area contributed by atoms with E-state index in [0.29, 0.717) is 6.61 Å². The lowest BCUT2D eigenvalue weighted by atomic mass is 9.92. The summed E-state index contributed by atoms with van der Waals surface area (Å²) in [5.74, 6) is 0.879. The highest BCUT2D eigenvalue weighted by atomic mass is 79.9. The van der Waals surface area contributed by atoms with E-state index in [1.165, 1.54) is 0 Å². The Morgan fingerprint density at radius 2 is 2.33 bits per heavy atom. The lowest BCUT2D eigenvalue weighted by Crippen LogP contribution is -2.38. The highest BCUT2D eigenvalue weighted by Crippen LogP contribution is 2.33. The van der Waals surface area contributed by atoms with E-state index in [2.05, 4.69) is 21.2 Å². The van der Waals surface area contributed by atoms with Gasteiger partial charge >= 0.3 is 0 Å². The van der Waals surface area contributed by atoms with Crippen molar-refractivity contribution in [2.75, 3.05) is 11.9 Å². The van der Waals surface area contributed by atoms with Gasteiger partial charge in [-0.1, -0.05) is 34.1 Å². The van der Waals surface area contributed by atoms with Gasteiger partial charge in [0.25, 0.3) is 0 Å². The van der Waals surface area contributed by atoms with Gasteiger partial charge in [-0.2, -0.15) is 0 Å². The van der Waals surface area contributed by atoms with Crippen LogP contribution in [0.3, 0.4) is 0 Å². The van der Waals surface area contributed by atoms with Crippen molar-refractivity contribution in [3.8, 4) is 5.75 Å². The van der Waals surface area contributed by atoms with E-state index in [-0.39, 0.29) is 17.9 Å². The molecule has 0 saturated carbocycles. The first-order chi connectivity index (χ1) is 8.72. The molecule has 1 heterocycles. The molecule has 3 nitrogen and oxygen atoms in total. The summed E-state index contributed by atoms with van der Waals surface area (Å²) in [5, 5.41) is 3.97. The predicted molar refractivity (Wildman–Crippen MR) is 75.3 cm³/mol. The molecular formula is C14H18BrNO2. The van der Waals surface area contributed by atoms with Crippen LogP contribution in [0, 0.1) is 0 Å². The molecule has 2 unspecified atom stereocenters. The minimum Gasteiger partial charge on any atom is -0.493 e. The zero-order valence-electron chi connectivity index (χ0n) is 10.5. The Kier molecular flexibility index (Phi) is 4.64. The van der Waals surface area contributed by atoms with Crippen molar-refractivity contribution in [1.82, 2.24) is 5.32 Å². The molecular weight excluding hydrogens is 294 g/mol. The van der Waals surface area contributed by atoms with Crippen LogP contribution in [-0.2, 0) is 4.79 Å². The van der Waals surface area contributed by atoms with Crippen molar-refractivity contribution in [2.45, 2.75) is 31.7 Å². The fourth-order valence-electron chi connectivity index (χ4n) is 2.19. The number of alkyl halides is 1. The third kappa shape index (κ3) is 3.05. The van der Waals surface area contributed by atoms with E-state index >= 15 is 0 Å². The van der Waals surface area contributed by atoms with Gasteiger partial charge in [-0.15, -0.1) is 0 Å². The van der Waals surface area contributed by atoms with Crippen LogP contribution in [0.25, 0.3) is 0 Å². The first-order valence-electron chi connectivity index (χ1n) is 6.30. The molecule has 18 heavy (non-hydrogen) atoms. The van der Waals surface area contributed by atoms with Crippen molar-refractivity contribution in [2.24, 2.45) is 0 Å². The number of carbonyl (C=O) groups is 1. The minimum absolute atomic E-state index is 0.0762. The highest BCUT2D eigenvalue weighted by Gasteiger charge is 2.27. The molecule has 0 aliphatic carbocycles. The number of hydrogen-bond donors (Lipinski definition) is 1. The molecule has 1 amide bonds. The summed E-state index contributed by atoms with van der Waals surface area (Å²) in [6.07, 6.45) is 1.69. The second-order valence-corrected chi connectivity index (χ2v) is 5.41. The van der Waals surface area contributed by atoms with Crippen molar-refractivity contribution in [1.29, 1.82) is 0 Å². The maximum Gasteiger partial charge on any atom is 0.228 e. The maximum absolute atomic E-state index is 12.3. The summed E-state index contributed by atoms with van der Waals surface area (Å²) in [5.41, 5.74) is 1.01. The molecule has 1 N–H and O–H groups in total. The summed E-state index contributed by atoms with van der Waals surface area (Å²) < 4.78 is 5.57. The molecule has 1 aromatic carbocycles. The molecule has 0 fully saturated rings. The third-order valence-electron chi connectivity index (χ3n) is 3.21. The smallest absolute Gasteiger partial charge is 0.228 e. The number of amides is 1. The molecule has 1 aliphatic rings. The standard InChI is InChI=1S/C14H18BrNO2/c1-10(6-8-15)16-14(17)12-7-9-18-13-5-3-2-4-11(12)13/h2-5,10,12H,6-9H2,1H3,(H,16,17). The normalized spacial score (nSPS) is 19.6. The molecule has 0 aromatic heterocycles. The van der Waals surface area contributed by atoms with E-state index in [4.69, 9.17) is 4.74 Å². The van der Waals surface area contributed by atoms with Gasteiger partial charge in [0.2, 0.25) is 5.91 Å². The Morgan fingerprint density at radius 3 is 3.11 bits per heavy atom. The lowest BCUT2D eigenvalue weighted by molar-refractivity contribution is -0.123. The Bertz CT molecular complexity index is 422. The number of halogens is 1. The van der Waals surface area contributed by atoms with Gasteiger partial charge in [-0.05, 0) is 25.8 Å². The van der Waals surface area contributed by atoms with Gasteiger partial charge in [0.05, 0.1) is 12.5 Å². The van der Waals surface area contributed by atoms with Crippen LogP contribution in [0.4, 0.5) is 0 Å². The molecule has 4 heteroatoms. The SMILES string of the molecule is CC(CCBr)NC(=O)C1CCOc2ccccc21. The van der Waals surface area contributed by atoms with Crippen molar-refractivity contribution in [3.05, 3.63) is 29.8 Å². The number of rotatable bonds is 4. The largest absolute Gasteiger partial charge is 0.493 e. The molecule has 0 radical (unpaired) electrons. The fraction of sp³-hybridized carbons (Fsp3) is 0.500. The zero-order chi connectivity index (χ0) is 13.0. The number of fused-ring (bicyclic) bond motifs is 1. The quantitative estimate of drug-likeness (QED) is 0.868. The lowest BCUT2D eigenvalue weighted by Gasteiger charge is -2.26. The van der Waals surface area contributed by atoms with Gasteiger partial charge < -0.3 is 10.1 Å². The van der Waals surface area contributed by atoms with Crippen LogP contribution in [0.2, 0.25) is 0 Å². The van der Waals surface area contributed by atoms with Crippen LogP contribution in [0.5, 0.6) is 5.75 Å². The average molecular weight is 312 g/mol. The van der Waals surface area contributed by atoms with Crippen molar-refractivity contribution >= 4 is 21.8 Å². The zero-order valence-corrected chi connectivity index (χ0v) is 12.1. The second-order valence-electron chi connectivity index (χ2n) is 4.61. The predicted octanol–water partition coefficient (Wildman–Crippen LogP) is 2.84. The molecule has 1 aliphatic heterocycles. The van der Waals surface area contributed by atoms with Gasteiger partial charge in [-0.25, -0.2) is 0 Å². The van der Waals surface area contributed by atoms with Crippen molar-refractivity contribution < 1.29 is 9.53 Å². The Balaban J connectivity index is 2.08. The van der Waals surface area contributed by atoms with Crippen LogP contribution in [0.1, 0.15) is 31.2 Å². The number of carbonyl (C=O) groups excluding carboxylic acids is 1. The average Bonchev–Trinajstić information content (AvgIpc) is 2.38. The number of benzene rings is 1. The van der Waals surface area contributed by atoms with Gasteiger partial charge in [0.15, 0.2) is 0 Å². The number of hydrogen-bond acceptors (Lipinski definition) is 2. The molecule has 0 saturated heterocycles. The maximum atomic E-state index is 12.3. The molecule has 0 bridgehead atoms. The van der Waals surface area contributed by atoms with Crippen LogP contribution < -0.4 is 10.1 Å². The summed E-state index contributed by atoms with van der Waals surface area (Å²) in [7, 11) is 0. The Morgan fingerprint density at radius 1 is 1.56 bits per heavy atom. The summed E-state index contributed by atoms with van der Waals surface area (Å²) in [6, 6.07) is 8.00. The topological polar surface area (TPSA) is 38.3 Å². The monoisotopic (exact) mass is 311 g/mol. The van der Waals surface area contributed by atoms with E-state index < -0.39 is 0 Å². The first kappa shape index (κ1) is 13.4. The number of para-hydroxylation sites is 1. The van der Waals surface area contributed by atoms with Gasteiger partial charge in [0.1, 0.15) is 5.75 Å². The van der Waals surface area contributed by atoms with E-state index in [1.54, 1.807) is 0 Å². The van der Waals surface area contributed by atoms with Crippen molar-refractivity contribution in [3.63, 3.8) is 0 Å². The Labute approximate surface area is 116 Å². The van der Waals surface area contributed by atoms with Crippen LogP contribution in [0.15, 0.2) is 24.3 Å². The molecule has 0 spiro atoms. The molecule has 2 rings (SSSR count). The first-order valence-corrected chi connectivity index (χ1v) is 7.42. The number of ether oxygens (including phenoxy) is 1. The van der Waals surface area contributed by atoms with Gasteiger partial charge in [0, 0.05) is 16.9 Å². The third-order valence-corrected chi connectivity index (χ3v) is 3.66.